The number of benzene rings is 1. The van der Waals surface area contributed by atoms with Crippen LogP contribution in [0.5, 0.6) is 0 Å². The van der Waals surface area contributed by atoms with Gasteiger partial charge in [0, 0.05) is 30.1 Å². The molecule has 0 aromatic heterocycles. The maximum atomic E-state index is 12.6. The van der Waals surface area contributed by atoms with E-state index >= 15 is 0 Å². The number of nitrogens with zero attached hydrogens (tertiary/aromatic N) is 2. The average Bonchev–Trinajstić information content (AvgIpc) is 2.89. The summed E-state index contributed by atoms with van der Waals surface area (Å²) in [4.78, 5) is 28.8. The van der Waals surface area contributed by atoms with Crippen LogP contribution in [0.1, 0.15) is 19.3 Å². The third-order valence-corrected chi connectivity index (χ3v) is 5.17. The third-order valence-electron chi connectivity index (χ3n) is 4.50. The monoisotopic (exact) mass is 365 g/mol. The van der Waals surface area contributed by atoms with E-state index in [1.165, 1.54) is 0 Å². The SMILES string of the molecule is NC1CCN(C(=O)C2CCN(c3ccccc3Br)C2=O)CC1. The Morgan fingerprint density at radius 3 is 2.50 bits per heavy atom. The summed E-state index contributed by atoms with van der Waals surface area (Å²) in [6, 6.07) is 7.79. The number of likely N-dealkylation sites (tertiary alicyclic amines) is 1. The van der Waals surface area contributed by atoms with Crippen molar-refractivity contribution >= 4 is 33.4 Å². The molecule has 2 heterocycles. The molecule has 22 heavy (non-hydrogen) atoms. The summed E-state index contributed by atoms with van der Waals surface area (Å²) >= 11 is 3.47. The molecule has 5 nitrogen and oxygen atoms in total. The number of halogens is 1. The number of carbonyl (C=O) groups excluding carboxylic acids is 2. The minimum Gasteiger partial charge on any atom is -0.342 e. The molecule has 1 aromatic carbocycles. The number of nitrogens with two attached hydrogens (primary N) is 1. The minimum absolute atomic E-state index is 0.0357. The van der Waals surface area contributed by atoms with E-state index in [4.69, 9.17) is 5.73 Å². The van der Waals surface area contributed by atoms with Gasteiger partial charge in [-0.1, -0.05) is 12.1 Å². The molecule has 2 saturated heterocycles. The molecular formula is C16H20BrN3O2. The maximum Gasteiger partial charge on any atom is 0.239 e. The molecule has 2 N–H and O–H groups in total. The standard InChI is InChI=1S/C16H20BrN3O2/c17-13-3-1-2-4-14(13)20-10-7-12(16(20)22)15(21)19-8-5-11(18)6-9-19/h1-4,11-12H,5-10,18H2. The quantitative estimate of drug-likeness (QED) is 0.811. The Bertz CT molecular complexity index is 585. The van der Waals surface area contributed by atoms with Gasteiger partial charge in [-0.25, -0.2) is 0 Å². The maximum absolute atomic E-state index is 12.6. The Balaban J connectivity index is 1.71. The molecule has 1 aromatic rings. The van der Waals surface area contributed by atoms with Gasteiger partial charge in [0.05, 0.1) is 5.69 Å². The van der Waals surface area contributed by atoms with Crippen molar-refractivity contribution in [1.29, 1.82) is 0 Å². The van der Waals surface area contributed by atoms with Crippen molar-refractivity contribution in [3.63, 3.8) is 0 Å². The number of para-hydroxylation sites is 1. The minimum atomic E-state index is -0.540. The molecule has 0 spiro atoms. The predicted octanol–water partition coefficient (Wildman–Crippen LogP) is 1.75. The predicted molar refractivity (Wildman–Crippen MR) is 88.4 cm³/mol. The number of anilines is 1. The number of hydrogen-bond acceptors (Lipinski definition) is 3. The van der Waals surface area contributed by atoms with Crippen molar-refractivity contribution < 1.29 is 9.59 Å². The van der Waals surface area contributed by atoms with Crippen molar-refractivity contribution in [1.82, 2.24) is 4.90 Å². The van der Waals surface area contributed by atoms with Crippen LogP contribution in [0.25, 0.3) is 0 Å². The summed E-state index contributed by atoms with van der Waals surface area (Å²) in [6.07, 6.45) is 2.22. The largest absolute Gasteiger partial charge is 0.342 e. The normalized spacial score (nSPS) is 23.2. The first kappa shape index (κ1) is 15.5. The van der Waals surface area contributed by atoms with E-state index in [9.17, 15) is 9.59 Å². The van der Waals surface area contributed by atoms with E-state index in [1.807, 2.05) is 24.3 Å². The van der Waals surface area contributed by atoms with Crippen LogP contribution in [0.3, 0.4) is 0 Å². The van der Waals surface area contributed by atoms with E-state index in [1.54, 1.807) is 9.80 Å². The van der Waals surface area contributed by atoms with Gasteiger partial charge in [-0.05, 0) is 47.3 Å². The fourth-order valence-corrected chi connectivity index (χ4v) is 3.66. The fourth-order valence-electron chi connectivity index (χ4n) is 3.16. The van der Waals surface area contributed by atoms with E-state index < -0.39 is 5.92 Å². The van der Waals surface area contributed by atoms with Gasteiger partial charge < -0.3 is 15.5 Å². The topological polar surface area (TPSA) is 66.6 Å². The lowest BCUT2D eigenvalue weighted by Gasteiger charge is -2.31. The second-order valence-electron chi connectivity index (χ2n) is 5.95. The van der Waals surface area contributed by atoms with E-state index in [-0.39, 0.29) is 17.9 Å². The lowest BCUT2D eigenvalue weighted by molar-refractivity contribution is -0.140. The van der Waals surface area contributed by atoms with Crippen LogP contribution < -0.4 is 10.6 Å². The molecule has 3 rings (SSSR count). The van der Waals surface area contributed by atoms with Crippen LogP contribution in [0.4, 0.5) is 5.69 Å². The number of carbonyl (C=O) groups is 2. The molecule has 0 aliphatic carbocycles. The van der Waals surface area contributed by atoms with Gasteiger partial charge in [0.2, 0.25) is 11.8 Å². The second-order valence-corrected chi connectivity index (χ2v) is 6.80. The van der Waals surface area contributed by atoms with Crippen LogP contribution in [0.15, 0.2) is 28.7 Å². The molecule has 1 atom stereocenters. The molecule has 1 unspecified atom stereocenters. The third kappa shape index (κ3) is 2.90. The van der Waals surface area contributed by atoms with Gasteiger partial charge in [0.1, 0.15) is 5.92 Å². The van der Waals surface area contributed by atoms with Gasteiger partial charge in [0.25, 0.3) is 0 Å². The second kappa shape index (κ2) is 6.38. The Morgan fingerprint density at radius 2 is 1.82 bits per heavy atom. The average molecular weight is 366 g/mol. The first-order valence-electron chi connectivity index (χ1n) is 7.68. The lowest BCUT2D eigenvalue weighted by atomic mass is 10.0. The van der Waals surface area contributed by atoms with E-state index in [0.29, 0.717) is 26.1 Å². The Morgan fingerprint density at radius 1 is 1.14 bits per heavy atom. The molecule has 2 aliphatic heterocycles. The van der Waals surface area contributed by atoms with Crippen molar-refractivity contribution in [3.8, 4) is 0 Å². The molecular weight excluding hydrogens is 346 g/mol. The van der Waals surface area contributed by atoms with Gasteiger partial charge in [-0.2, -0.15) is 0 Å². The zero-order valence-corrected chi connectivity index (χ0v) is 14.0. The highest BCUT2D eigenvalue weighted by molar-refractivity contribution is 9.10. The van der Waals surface area contributed by atoms with Crippen molar-refractivity contribution in [2.45, 2.75) is 25.3 Å². The summed E-state index contributed by atoms with van der Waals surface area (Å²) in [7, 11) is 0. The number of piperidine rings is 1. The van der Waals surface area contributed by atoms with Crippen molar-refractivity contribution in [2.24, 2.45) is 11.7 Å². The Labute approximate surface area is 138 Å². The molecule has 2 aliphatic rings. The van der Waals surface area contributed by atoms with Crippen LogP contribution in [-0.4, -0.2) is 42.4 Å². The first-order valence-corrected chi connectivity index (χ1v) is 8.47. The van der Waals surface area contributed by atoms with Crippen molar-refractivity contribution in [2.75, 3.05) is 24.5 Å². The number of rotatable bonds is 2. The molecule has 2 amide bonds. The highest BCUT2D eigenvalue weighted by Crippen LogP contribution is 2.32. The summed E-state index contributed by atoms with van der Waals surface area (Å²) in [6.45, 7) is 1.92. The number of hydrogen-bond donors (Lipinski definition) is 1. The summed E-state index contributed by atoms with van der Waals surface area (Å²) in [5.41, 5.74) is 6.71. The van der Waals surface area contributed by atoms with Crippen molar-refractivity contribution in [3.05, 3.63) is 28.7 Å². The number of amides is 2. The Hall–Kier alpha value is -1.40. The van der Waals surface area contributed by atoms with Crippen LogP contribution in [0, 0.1) is 5.92 Å². The lowest BCUT2D eigenvalue weighted by Crippen LogP contribution is -2.46. The van der Waals surface area contributed by atoms with Gasteiger partial charge in [-0.15, -0.1) is 0 Å². The van der Waals surface area contributed by atoms with Gasteiger partial charge in [-0.3, -0.25) is 9.59 Å². The highest BCUT2D eigenvalue weighted by atomic mass is 79.9. The smallest absolute Gasteiger partial charge is 0.239 e. The van der Waals surface area contributed by atoms with E-state index in [0.717, 1.165) is 23.0 Å². The first-order chi connectivity index (χ1) is 10.6. The summed E-state index contributed by atoms with van der Waals surface area (Å²) < 4.78 is 0.875. The summed E-state index contributed by atoms with van der Waals surface area (Å²) in [5, 5.41) is 0. The molecule has 6 heteroatoms. The molecule has 0 saturated carbocycles. The van der Waals surface area contributed by atoms with Crippen LogP contribution >= 0.6 is 15.9 Å². The molecule has 0 radical (unpaired) electrons. The van der Waals surface area contributed by atoms with Gasteiger partial charge in [0.15, 0.2) is 0 Å². The van der Waals surface area contributed by atoms with Crippen LogP contribution in [-0.2, 0) is 9.59 Å². The highest BCUT2D eigenvalue weighted by Gasteiger charge is 2.40. The molecule has 2 fully saturated rings. The fraction of sp³-hybridized carbons (Fsp3) is 0.500. The molecule has 118 valence electrons. The van der Waals surface area contributed by atoms with Gasteiger partial charge >= 0.3 is 0 Å². The summed E-state index contributed by atoms with van der Waals surface area (Å²) in [5.74, 6) is -0.667. The van der Waals surface area contributed by atoms with Crippen LogP contribution in [0.2, 0.25) is 0 Å². The van der Waals surface area contributed by atoms with E-state index in [2.05, 4.69) is 15.9 Å². The Kier molecular flexibility index (Phi) is 4.49. The zero-order valence-electron chi connectivity index (χ0n) is 12.4. The zero-order chi connectivity index (χ0) is 15.7. The molecule has 0 bridgehead atoms.